The Morgan fingerprint density at radius 2 is 2.00 bits per heavy atom. The van der Waals surface area contributed by atoms with Gasteiger partial charge in [-0.25, -0.2) is 4.79 Å². The van der Waals surface area contributed by atoms with Crippen molar-refractivity contribution in [3.05, 3.63) is 52.2 Å². The zero-order valence-electron chi connectivity index (χ0n) is 13.3. The van der Waals surface area contributed by atoms with Gasteiger partial charge < -0.3 is 10.2 Å². The van der Waals surface area contributed by atoms with Gasteiger partial charge in [-0.1, -0.05) is 0 Å². The van der Waals surface area contributed by atoms with Gasteiger partial charge in [-0.05, 0) is 59.5 Å². The van der Waals surface area contributed by atoms with Gasteiger partial charge >= 0.3 is 6.03 Å². The van der Waals surface area contributed by atoms with Crippen LogP contribution in [-0.4, -0.2) is 36.5 Å². The Bertz CT molecular complexity index is 742. The molecule has 1 N–H and O–H groups in total. The zero-order valence-corrected chi connectivity index (χ0v) is 14.1. The predicted octanol–water partition coefficient (Wildman–Crippen LogP) is 3.26. The summed E-state index contributed by atoms with van der Waals surface area (Å²) in [5.41, 5.74) is 2.74. The summed E-state index contributed by atoms with van der Waals surface area (Å²) >= 11 is 1.67. The molecule has 3 heterocycles. The highest BCUT2D eigenvalue weighted by atomic mass is 32.1. The zero-order chi connectivity index (χ0) is 16.5. The van der Waals surface area contributed by atoms with Gasteiger partial charge in [0.1, 0.15) is 0 Å². The largest absolute Gasteiger partial charge is 0.336 e. The van der Waals surface area contributed by atoms with Crippen molar-refractivity contribution in [1.29, 1.82) is 0 Å². The Kier molecular flexibility index (Phi) is 3.98. The number of benzene rings is 1. The highest BCUT2D eigenvalue weighted by Crippen LogP contribution is 2.34. The minimum atomic E-state index is -0.0776. The molecule has 2 aliphatic heterocycles. The molecule has 0 saturated carbocycles. The molecule has 0 radical (unpaired) electrons. The molecule has 4 rings (SSSR count). The molecule has 2 fully saturated rings. The fraction of sp³-hybridized carbons (Fsp3) is 0.333. The highest BCUT2D eigenvalue weighted by molar-refractivity contribution is 7.08. The van der Waals surface area contributed by atoms with E-state index < -0.39 is 0 Å². The summed E-state index contributed by atoms with van der Waals surface area (Å²) in [7, 11) is 0. The maximum atomic E-state index is 12.9. The van der Waals surface area contributed by atoms with E-state index in [9.17, 15) is 9.59 Å². The summed E-state index contributed by atoms with van der Waals surface area (Å²) < 4.78 is 0. The third-order valence-electron chi connectivity index (χ3n) is 4.72. The van der Waals surface area contributed by atoms with Crippen LogP contribution in [0.4, 0.5) is 10.5 Å². The van der Waals surface area contributed by atoms with E-state index in [-0.39, 0.29) is 18.0 Å². The standard InChI is InChI=1S/C18H19N3O2S/c22-17(21-9-1-2-16(21)14-7-11-24-12-14)13-3-5-15(6-4-13)20-10-8-19-18(20)23/h3-7,11-12,16H,1-2,8-10H2,(H,19,23)/t16-/m1/s1. The fourth-order valence-corrected chi connectivity index (χ4v) is 4.20. The Labute approximate surface area is 144 Å². The first-order chi connectivity index (χ1) is 11.7. The fourth-order valence-electron chi connectivity index (χ4n) is 3.49. The first-order valence-electron chi connectivity index (χ1n) is 8.22. The van der Waals surface area contributed by atoms with Crippen molar-refractivity contribution >= 4 is 29.0 Å². The van der Waals surface area contributed by atoms with Gasteiger partial charge in [-0.3, -0.25) is 9.69 Å². The second-order valence-corrected chi connectivity index (χ2v) is 6.92. The van der Waals surface area contributed by atoms with E-state index in [1.807, 2.05) is 29.2 Å². The number of nitrogens with one attached hydrogen (secondary N) is 1. The quantitative estimate of drug-likeness (QED) is 0.932. The molecule has 5 nitrogen and oxygen atoms in total. The van der Waals surface area contributed by atoms with Crippen LogP contribution in [0.3, 0.4) is 0 Å². The molecule has 1 aromatic heterocycles. The summed E-state index contributed by atoms with van der Waals surface area (Å²) in [5.74, 6) is 0.0705. The Hall–Kier alpha value is -2.34. The molecule has 124 valence electrons. The molecule has 1 atom stereocenters. The molecular formula is C18H19N3O2S. The van der Waals surface area contributed by atoms with Crippen LogP contribution in [0.1, 0.15) is 34.8 Å². The third-order valence-corrected chi connectivity index (χ3v) is 5.43. The molecule has 0 bridgehead atoms. The van der Waals surface area contributed by atoms with E-state index >= 15 is 0 Å². The molecule has 2 saturated heterocycles. The predicted molar refractivity (Wildman–Crippen MR) is 94.5 cm³/mol. The number of carbonyl (C=O) groups excluding carboxylic acids is 2. The summed E-state index contributed by atoms with van der Waals surface area (Å²) in [6.45, 7) is 2.13. The van der Waals surface area contributed by atoms with E-state index in [0.29, 0.717) is 18.7 Å². The van der Waals surface area contributed by atoms with Gasteiger partial charge in [0.05, 0.1) is 6.04 Å². The smallest absolute Gasteiger partial charge is 0.321 e. The highest BCUT2D eigenvalue weighted by Gasteiger charge is 2.31. The van der Waals surface area contributed by atoms with Gasteiger partial charge in [0.25, 0.3) is 5.91 Å². The van der Waals surface area contributed by atoms with Crippen molar-refractivity contribution in [2.45, 2.75) is 18.9 Å². The number of likely N-dealkylation sites (tertiary alicyclic amines) is 1. The summed E-state index contributed by atoms with van der Waals surface area (Å²) in [6, 6.07) is 9.58. The number of carbonyl (C=O) groups is 2. The number of nitrogens with zero attached hydrogens (tertiary/aromatic N) is 2. The maximum absolute atomic E-state index is 12.9. The van der Waals surface area contributed by atoms with Crippen LogP contribution in [0.5, 0.6) is 0 Å². The number of thiophene rings is 1. The summed E-state index contributed by atoms with van der Waals surface area (Å²) in [5, 5.41) is 6.98. The number of rotatable bonds is 3. The molecule has 2 aliphatic rings. The van der Waals surface area contributed by atoms with Gasteiger partial charge in [-0.2, -0.15) is 11.3 Å². The number of anilines is 1. The van der Waals surface area contributed by atoms with Crippen LogP contribution >= 0.6 is 11.3 Å². The minimum absolute atomic E-state index is 0.0705. The molecule has 3 amide bonds. The molecule has 0 aliphatic carbocycles. The Balaban J connectivity index is 1.53. The van der Waals surface area contributed by atoms with Crippen molar-refractivity contribution in [2.24, 2.45) is 0 Å². The topological polar surface area (TPSA) is 52.7 Å². The first kappa shape index (κ1) is 15.2. The monoisotopic (exact) mass is 341 g/mol. The average Bonchev–Trinajstić information content (AvgIpc) is 3.35. The normalized spacial score (nSPS) is 20.5. The number of amides is 3. The van der Waals surface area contributed by atoms with Gasteiger partial charge in [-0.15, -0.1) is 0 Å². The van der Waals surface area contributed by atoms with Crippen molar-refractivity contribution in [3.8, 4) is 0 Å². The number of urea groups is 1. The molecule has 0 spiro atoms. The van der Waals surface area contributed by atoms with Crippen molar-refractivity contribution in [3.63, 3.8) is 0 Å². The van der Waals surface area contributed by atoms with Crippen molar-refractivity contribution in [2.75, 3.05) is 24.5 Å². The number of hydrogen-bond acceptors (Lipinski definition) is 3. The van der Waals surface area contributed by atoms with Crippen LogP contribution in [0.25, 0.3) is 0 Å². The summed E-state index contributed by atoms with van der Waals surface area (Å²) in [6.07, 6.45) is 2.06. The third kappa shape index (κ3) is 2.67. The Morgan fingerprint density at radius 1 is 1.17 bits per heavy atom. The van der Waals surface area contributed by atoms with E-state index in [1.165, 1.54) is 5.56 Å². The van der Waals surface area contributed by atoms with Gasteiger partial charge in [0, 0.05) is 30.9 Å². The van der Waals surface area contributed by atoms with Crippen molar-refractivity contribution < 1.29 is 9.59 Å². The average molecular weight is 341 g/mol. The van der Waals surface area contributed by atoms with Gasteiger partial charge in [0.2, 0.25) is 0 Å². The van der Waals surface area contributed by atoms with Gasteiger partial charge in [0.15, 0.2) is 0 Å². The Morgan fingerprint density at radius 3 is 2.67 bits per heavy atom. The van der Waals surface area contributed by atoms with Crippen LogP contribution in [0.2, 0.25) is 0 Å². The molecule has 0 unspecified atom stereocenters. The van der Waals surface area contributed by atoms with E-state index in [1.54, 1.807) is 16.2 Å². The van der Waals surface area contributed by atoms with Crippen LogP contribution in [0, 0.1) is 0 Å². The summed E-state index contributed by atoms with van der Waals surface area (Å²) in [4.78, 5) is 28.3. The van der Waals surface area contributed by atoms with Crippen LogP contribution in [-0.2, 0) is 0 Å². The van der Waals surface area contributed by atoms with E-state index in [0.717, 1.165) is 25.1 Å². The molecule has 6 heteroatoms. The SMILES string of the molecule is O=C1NCCN1c1ccc(C(=O)N2CCC[C@@H]2c2ccsc2)cc1. The van der Waals surface area contributed by atoms with E-state index in [4.69, 9.17) is 0 Å². The lowest BCUT2D eigenvalue weighted by atomic mass is 10.1. The first-order valence-corrected chi connectivity index (χ1v) is 9.17. The minimum Gasteiger partial charge on any atom is -0.336 e. The molecule has 24 heavy (non-hydrogen) atoms. The second kappa shape index (κ2) is 6.28. The van der Waals surface area contributed by atoms with Crippen molar-refractivity contribution in [1.82, 2.24) is 10.2 Å². The lowest BCUT2D eigenvalue weighted by Crippen LogP contribution is -2.30. The second-order valence-electron chi connectivity index (χ2n) is 6.14. The van der Waals surface area contributed by atoms with Crippen LogP contribution in [0.15, 0.2) is 41.1 Å². The lowest BCUT2D eigenvalue weighted by Gasteiger charge is -2.24. The number of hydrogen-bond donors (Lipinski definition) is 1. The lowest BCUT2D eigenvalue weighted by molar-refractivity contribution is 0.0736. The van der Waals surface area contributed by atoms with E-state index in [2.05, 4.69) is 22.1 Å². The maximum Gasteiger partial charge on any atom is 0.321 e. The molecular weight excluding hydrogens is 322 g/mol. The molecule has 2 aromatic rings. The molecule has 1 aromatic carbocycles. The van der Waals surface area contributed by atoms with Crippen LogP contribution < -0.4 is 10.2 Å².